The summed E-state index contributed by atoms with van der Waals surface area (Å²) in [5.41, 5.74) is 0. The van der Waals surface area contributed by atoms with Crippen LogP contribution in [0.4, 0.5) is 5.82 Å². The van der Waals surface area contributed by atoms with Crippen LogP contribution in [0, 0.1) is 13.8 Å². The molecule has 2 heterocycles. The molecule has 0 bridgehead atoms. The molecule has 2 aromatic rings. The van der Waals surface area contributed by atoms with Gasteiger partial charge in [-0.3, -0.25) is 0 Å². The van der Waals surface area contributed by atoms with Crippen LogP contribution in [0.5, 0.6) is 0 Å². The van der Waals surface area contributed by atoms with Crippen molar-refractivity contribution in [1.82, 2.24) is 20.2 Å². The van der Waals surface area contributed by atoms with Gasteiger partial charge in [0.25, 0.3) is 0 Å². The van der Waals surface area contributed by atoms with Crippen LogP contribution in [0.1, 0.15) is 10.8 Å². The Labute approximate surface area is 131 Å². The molecule has 1 N–H and O–H groups in total. The maximum absolute atomic E-state index is 11.7. The maximum atomic E-state index is 11.7. The van der Waals surface area contributed by atoms with E-state index in [1.54, 1.807) is 18.7 Å². The Balaban J connectivity index is 1.98. The number of hydrogen-bond donors (Lipinski definition) is 1. The Bertz CT molecular complexity index is 729. The van der Waals surface area contributed by atoms with E-state index in [0.29, 0.717) is 18.2 Å². The molecule has 2 aromatic heterocycles. The quantitative estimate of drug-likeness (QED) is 0.622. The lowest BCUT2D eigenvalue weighted by Gasteiger charge is -2.09. The summed E-state index contributed by atoms with van der Waals surface area (Å²) < 4.78 is 24.3. The predicted octanol–water partition coefficient (Wildman–Crippen LogP) is 1.55. The molecule has 0 atom stereocenters. The molecule has 0 aliphatic heterocycles. The summed E-state index contributed by atoms with van der Waals surface area (Å²) in [6, 6.07) is 0. The Kier molecular flexibility index (Phi) is 5.12. The van der Waals surface area contributed by atoms with Crippen LogP contribution < -0.4 is 5.32 Å². The summed E-state index contributed by atoms with van der Waals surface area (Å²) >= 11 is 3.10. The van der Waals surface area contributed by atoms with Crippen molar-refractivity contribution in [1.29, 1.82) is 0 Å². The molecule has 0 radical (unpaired) electrons. The van der Waals surface area contributed by atoms with Crippen molar-refractivity contribution in [3.8, 4) is 0 Å². The van der Waals surface area contributed by atoms with Crippen LogP contribution >= 0.6 is 23.1 Å². The van der Waals surface area contributed by atoms with Gasteiger partial charge in [-0.1, -0.05) is 23.1 Å². The number of nitrogens with zero attached hydrogens (tertiary/aromatic N) is 4. The molecule has 0 aliphatic rings. The zero-order chi connectivity index (χ0) is 15.5. The van der Waals surface area contributed by atoms with Crippen molar-refractivity contribution < 1.29 is 8.42 Å². The van der Waals surface area contributed by atoms with E-state index in [1.807, 2.05) is 6.92 Å². The molecule has 0 spiro atoms. The highest BCUT2D eigenvalue weighted by Crippen LogP contribution is 2.22. The predicted molar refractivity (Wildman–Crippen MR) is 83.7 cm³/mol. The van der Waals surface area contributed by atoms with Crippen LogP contribution in [0.25, 0.3) is 0 Å². The molecule has 114 valence electrons. The molecular weight excluding hydrogens is 330 g/mol. The van der Waals surface area contributed by atoms with Gasteiger partial charge in [0.1, 0.15) is 21.5 Å². The lowest BCUT2D eigenvalue weighted by atomic mass is 10.5. The van der Waals surface area contributed by atoms with Crippen molar-refractivity contribution in [2.24, 2.45) is 0 Å². The van der Waals surface area contributed by atoms with Crippen molar-refractivity contribution in [3.05, 3.63) is 17.0 Å². The van der Waals surface area contributed by atoms with Crippen molar-refractivity contribution >= 4 is 38.8 Å². The molecule has 0 aliphatic carbocycles. The maximum Gasteiger partial charge on any atom is 0.180 e. The summed E-state index contributed by atoms with van der Waals surface area (Å²) in [5.74, 6) is 1.61. The molecule has 0 unspecified atom stereocenters. The van der Waals surface area contributed by atoms with Gasteiger partial charge < -0.3 is 5.32 Å². The molecule has 0 saturated heterocycles. The van der Waals surface area contributed by atoms with Crippen LogP contribution in [0.2, 0.25) is 0 Å². The number of anilines is 1. The van der Waals surface area contributed by atoms with Gasteiger partial charge in [0, 0.05) is 18.6 Å². The van der Waals surface area contributed by atoms with Crippen molar-refractivity contribution in [2.45, 2.75) is 23.1 Å². The molecule has 0 fully saturated rings. The summed E-state index contributed by atoms with van der Waals surface area (Å²) in [7, 11) is -3.35. The van der Waals surface area contributed by atoms with Gasteiger partial charge in [-0.05, 0) is 13.8 Å². The van der Waals surface area contributed by atoms with E-state index >= 15 is 0 Å². The fraction of sp³-hybridized carbons (Fsp3) is 0.455. The molecule has 0 saturated carbocycles. The Hall–Kier alpha value is -1.26. The van der Waals surface area contributed by atoms with E-state index in [0.717, 1.165) is 21.4 Å². The third kappa shape index (κ3) is 4.61. The van der Waals surface area contributed by atoms with Gasteiger partial charge in [0.15, 0.2) is 14.2 Å². The minimum atomic E-state index is -3.35. The van der Waals surface area contributed by atoms with Crippen LogP contribution in [0.3, 0.4) is 0 Å². The second-order valence-corrected chi connectivity index (χ2v) is 8.77. The van der Waals surface area contributed by atoms with Crippen molar-refractivity contribution in [2.75, 3.05) is 23.9 Å². The molecule has 0 amide bonds. The summed E-state index contributed by atoms with van der Waals surface area (Å²) in [5, 5.41) is 11.9. The zero-order valence-electron chi connectivity index (χ0n) is 11.8. The third-order valence-electron chi connectivity index (χ3n) is 2.40. The zero-order valence-corrected chi connectivity index (χ0v) is 14.3. The van der Waals surface area contributed by atoms with Gasteiger partial charge in [0.2, 0.25) is 0 Å². The van der Waals surface area contributed by atoms with Gasteiger partial charge in [-0.15, -0.1) is 10.2 Å². The number of nitrogens with one attached hydrogen (secondary N) is 1. The fourth-order valence-electron chi connectivity index (χ4n) is 1.50. The van der Waals surface area contributed by atoms with Gasteiger partial charge in [-0.2, -0.15) is 0 Å². The lowest BCUT2D eigenvalue weighted by molar-refractivity contribution is 0.601. The molecular formula is C11H15N5O2S3. The first-order valence-electron chi connectivity index (χ1n) is 6.07. The van der Waals surface area contributed by atoms with Gasteiger partial charge >= 0.3 is 0 Å². The fourth-order valence-corrected chi connectivity index (χ4v) is 3.96. The number of aromatic nitrogens is 4. The van der Waals surface area contributed by atoms with Crippen molar-refractivity contribution in [3.63, 3.8) is 0 Å². The van der Waals surface area contributed by atoms with E-state index in [9.17, 15) is 8.42 Å². The second kappa shape index (κ2) is 6.67. The normalized spacial score (nSPS) is 11.6. The highest BCUT2D eigenvalue weighted by atomic mass is 32.2. The SMILES string of the molecule is Cc1ncc(S(C)(=O)=O)c(NCCSc2nnc(C)s2)n1. The van der Waals surface area contributed by atoms with E-state index in [1.165, 1.54) is 17.5 Å². The summed E-state index contributed by atoms with van der Waals surface area (Å²) in [6.07, 6.45) is 2.48. The summed E-state index contributed by atoms with van der Waals surface area (Å²) in [6.45, 7) is 4.19. The van der Waals surface area contributed by atoms with Gasteiger partial charge in [0.05, 0.1) is 6.20 Å². The third-order valence-corrected chi connectivity index (χ3v) is 5.47. The first-order valence-corrected chi connectivity index (χ1v) is 9.76. The van der Waals surface area contributed by atoms with E-state index in [2.05, 4.69) is 25.5 Å². The molecule has 10 heteroatoms. The standard InChI is InChI=1S/C11H15N5O2S3/c1-7-13-6-9(21(3,17)18)10(14-7)12-4-5-19-11-16-15-8(2)20-11/h6H,4-5H2,1-3H3,(H,12,13,14). The molecule has 7 nitrogen and oxygen atoms in total. The average molecular weight is 345 g/mol. The first kappa shape index (κ1) is 16.1. The molecule has 2 rings (SSSR count). The molecule has 0 aromatic carbocycles. The Morgan fingerprint density at radius 1 is 1.33 bits per heavy atom. The largest absolute Gasteiger partial charge is 0.368 e. The average Bonchev–Trinajstić information content (AvgIpc) is 2.79. The number of aryl methyl sites for hydroxylation is 2. The number of hydrogen-bond acceptors (Lipinski definition) is 9. The minimum Gasteiger partial charge on any atom is -0.368 e. The number of rotatable bonds is 6. The van der Waals surface area contributed by atoms with E-state index < -0.39 is 9.84 Å². The Morgan fingerprint density at radius 2 is 2.10 bits per heavy atom. The monoisotopic (exact) mass is 345 g/mol. The smallest absolute Gasteiger partial charge is 0.180 e. The second-order valence-electron chi connectivity index (χ2n) is 4.26. The topological polar surface area (TPSA) is 97.7 Å². The highest BCUT2D eigenvalue weighted by Gasteiger charge is 2.15. The molecule has 21 heavy (non-hydrogen) atoms. The lowest BCUT2D eigenvalue weighted by Crippen LogP contribution is -2.12. The highest BCUT2D eigenvalue weighted by molar-refractivity contribution is 8.01. The van der Waals surface area contributed by atoms with Crippen LogP contribution in [-0.4, -0.2) is 47.1 Å². The Morgan fingerprint density at radius 3 is 2.71 bits per heavy atom. The first-order chi connectivity index (χ1) is 9.86. The number of thioether (sulfide) groups is 1. The van der Waals surface area contributed by atoms with Crippen LogP contribution in [-0.2, 0) is 9.84 Å². The summed E-state index contributed by atoms with van der Waals surface area (Å²) in [4.78, 5) is 8.20. The van der Waals surface area contributed by atoms with E-state index in [4.69, 9.17) is 0 Å². The van der Waals surface area contributed by atoms with E-state index in [-0.39, 0.29) is 4.90 Å². The number of sulfone groups is 1. The van der Waals surface area contributed by atoms with Crippen LogP contribution in [0.15, 0.2) is 15.4 Å². The minimum absolute atomic E-state index is 0.116. The van der Waals surface area contributed by atoms with Gasteiger partial charge in [-0.25, -0.2) is 18.4 Å².